The quantitative estimate of drug-likeness (QED) is 0.929. The van der Waals surface area contributed by atoms with Gasteiger partial charge in [-0.1, -0.05) is 18.2 Å². The number of hydrogen-bond acceptors (Lipinski definition) is 4. The van der Waals surface area contributed by atoms with E-state index in [1.807, 2.05) is 25.1 Å². The van der Waals surface area contributed by atoms with Gasteiger partial charge in [0.25, 0.3) is 5.91 Å². The van der Waals surface area contributed by atoms with E-state index in [1.165, 1.54) is 11.3 Å². The van der Waals surface area contributed by atoms with Crippen LogP contribution in [0.4, 0.5) is 0 Å². The maximum absolute atomic E-state index is 12.4. The summed E-state index contributed by atoms with van der Waals surface area (Å²) in [4.78, 5) is 30.2. The topological polar surface area (TPSA) is 60.9 Å². The van der Waals surface area contributed by atoms with Crippen LogP contribution in [0.25, 0.3) is 0 Å². The van der Waals surface area contributed by atoms with Gasteiger partial charge in [-0.15, -0.1) is 11.3 Å². The molecule has 1 aliphatic rings. The lowest BCUT2D eigenvalue weighted by molar-refractivity contribution is -0.131. The number of para-hydroxylation sites is 1. The van der Waals surface area contributed by atoms with Crippen LogP contribution < -0.4 is 0 Å². The van der Waals surface area contributed by atoms with E-state index in [1.54, 1.807) is 28.0 Å². The number of phenolic OH excluding ortho intramolecular Hbond substituents is 1. The lowest BCUT2D eigenvalue weighted by Crippen LogP contribution is -2.50. The highest BCUT2D eigenvalue weighted by molar-refractivity contribution is 7.13. The van der Waals surface area contributed by atoms with E-state index in [-0.39, 0.29) is 24.0 Å². The predicted octanol–water partition coefficient (Wildman–Crippen LogP) is 2.29. The normalized spacial score (nSPS) is 14.7. The number of thiophene rings is 1. The second kappa shape index (κ2) is 7.05. The maximum atomic E-state index is 12.4. The molecule has 1 fully saturated rings. The molecule has 0 unspecified atom stereocenters. The third-order valence-electron chi connectivity index (χ3n) is 4.20. The Kier molecular flexibility index (Phi) is 4.85. The molecule has 0 atom stereocenters. The number of amides is 2. The number of carbonyl (C=O) groups excluding carboxylic acids is 2. The molecule has 1 aromatic carbocycles. The van der Waals surface area contributed by atoms with Crippen LogP contribution in [0.1, 0.15) is 20.1 Å². The molecule has 0 bridgehead atoms. The summed E-state index contributed by atoms with van der Waals surface area (Å²) >= 11 is 1.50. The zero-order chi connectivity index (χ0) is 17.1. The van der Waals surface area contributed by atoms with Crippen LogP contribution in [0, 0.1) is 6.92 Å². The Hall–Kier alpha value is -2.34. The maximum Gasteiger partial charge on any atom is 0.264 e. The van der Waals surface area contributed by atoms with Crippen LogP contribution in [-0.2, 0) is 11.2 Å². The smallest absolute Gasteiger partial charge is 0.264 e. The molecule has 1 N–H and O–H groups in total. The highest BCUT2D eigenvalue weighted by Crippen LogP contribution is 2.20. The molecule has 0 saturated carbocycles. The highest BCUT2D eigenvalue weighted by atomic mass is 32.1. The molecule has 24 heavy (non-hydrogen) atoms. The summed E-state index contributed by atoms with van der Waals surface area (Å²) in [6, 6.07) is 10.7. The van der Waals surface area contributed by atoms with E-state index < -0.39 is 0 Å². The first-order valence-corrected chi connectivity index (χ1v) is 8.76. The number of rotatable bonds is 3. The second-order valence-corrected chi connectivity index (χ2v) is 7.18. The second-order valence-electron chi connectivity index (χ2n) is 5.89. The molecule has 0 radical (unpaired) electrons. The minimum atomic E-state index is -0.0180. The first kappa shape index (κ1) is 16.5. The van der Waals surface area contributed by atoms with Crippen molar-refractivity contribution in [1.29, 1.82) is 0 Å². The summed E-state index contributed by atoms with van der Waals surface area (Å²) in [5, 5.41) is 9.78. The monoisotopic (exact) mass is 344 g/mol. The number of phenols is 1. The van der Waals surface area contributed by atoms with Gasteiger partial charge in [-0.25, -0.2) is 0 Å². The summed E-state index contributed by atoms with van der Waals surface area (Å²) < 4.78 is 0. The van der Waals surface area contributed by atoms with Gasteiger partial charge in [0.2, 0.25) is 5.91 Å². The molecular formula is C18H20N2O3S. The summed E-state index contributed by atoms with van der Waals surface area (Å²) in [6.45, 7) is 4.13. The lowest BCUT2D eigenvalue weighted by Gasteiger charge is -2.34. The average Bonchev–Trinajstić information content (AvgIpc) is 3.03. The first-order chi connectivity index (χ1) is 11.5. The van der Waals surface area contributed by atoms with Crippen LogP contribution >= 0.6 is 11.3 Å². The van der Waals surface area contributed by atoms with E-state index in [4.69, 9.17) is 0 Å². The van der Waals surface area contributed by atoms with Gasteiger partial charge in [0.05, 0.1) is 11.3 Å². The van der Waals surface area contributed by atoms with Crippen LogP contribution in [0.2, 0.25) is 0 Å². The number of aromatic hydroxyl groups is 1. The Morgan fingerprint density at radius 3 is 2.33 bits per heavy atom. The Morgan fingerprint density at radius 1 is 1.04 bits per heavy atom. The molecule has 1 aromatic heterocycles. The van der Waals surface area contributed by atoms with E-state index in [2.05, 4.69) is 0 Å². The lowest BCUT2D eigenvalue weighted by atomic mass is 10.1. The number of nitrogens with zero attached hydrogens (tertiary/aromatic N) is 2. The zero-order valence-electron chi connectivity index (χ0n) is 13.6. The van der Waals surface area contributed by atoms with Crippen molar-refractivity contribution in [2.24, 2.45) is 0 Å². The number of piperazine rings is 1. The molecule has 0 aliphatic carbocycles. The van der Waals surface area contributed by atoms with Gasteiger partial charge in [-0.2, -0.15) is 0 Å². The molecule has 2 aromatic rings. The van der Waals surface area contributed by atoms with E-state index in [9.17, 15) is 14.7 Å². The third-order valence-corrected chi connectivity index (χ3v) is 5.19. The van der Waals surface area contributed by atoms with Gasteiger partial charge < -0.3 is 14.9 Å². The van der Waals surface area contributed by atoms with Crippen molar-refractivity contribution >= 4 is 23.2 Å². The minimum absolute atomic E-state index is 0.0180. The first-order valence-electron chi connectivity index (χ1n) is 7.95. The largest absolute Gasteiger partial charge is 0.508 e. The fourth-order valence-electron chi connectivity index (χ4n) is 2.80. The Bertz CT molecular complexity index is 748. The summed E-state index contributed by atoms with van der Waals surface area (Å²) in [5.74, 6) is 0.171. The number of hydrogen-bond donors (Lipinski definition) is 1. The van der Waals surface area contributed by atoms with Crippen molar-refractivity contribution in [3.05, 3.63) is 51.7 Å². The molecular weight excluding hydrogens is 324 g/mol. The van der Waals surface area contributed by atoms with Crippen molar-refractivity contribution in [3.63, 3.8) is 0 Å². The fourth-order valence-corrected chi connectivity index (χ4v) is 3.63. The molecule has 2 amide bonds. The van der Waals surface area contributed by atoms with Crippen LogP contribution in [-0.4, -0.2) is 52.9 Å². The van der Waals surface area contributed by atoms with Crippen molar-refractivity contribution < 1.29 is 14.7 Å². The van der Waals surface area contributed by atoms with Crippen LogP contribution in [0.15, 0.2) is 36.4 Å². The summed E-state index contributed by atoms with van der Waals surface area (Å²) in [5.41, 5.74) is 0.634. The number of aryl methyl sites for hydroxylation is 1. The summed E-state index contributed by atoms with van der Waals surface area (Å²) in [7, 11) is 0. The average molecular weight is 344 g/mol. The van der Waals surface area contributed by atoms with Crippen LogP contribution in [0.3, 0.4) is 0 Å². The standard InChI is InChI=1S/C18H20N2O3S/c1-13-6-7-16(24-13)18(23)20-10-8-19(9-11-20)17(22)12-14-4-2-3-5-15(14)21/h2-7,21H,8-12H2,1H3. The highest BCUT2D eigenvalue weighted by Gasteiger charge is 2.25. The van der Waals surface area contributed by atoms with Crippen molar-refractivity contribution in [2.45, 2.75) is 13.3 Å². The molecule has 6 heteroatoms. The minimum Gasteiger partial charge on any atom is -0.508 e. The molecule has 1 aliphatic heterocycles. The van der Waals surface area contributed by atoms with E-state index in [0.717, 1.165) is 9.75 Å². The van der Waals surface area contributed by atoms with Gasteiger partial charge in [0, 0.05) is 36.6 Å². The molecule has 1 saturated heterocycles. The van der Waals surface area contributed by atoms with Gasteiger partial charge >= 0.3 is 0 Å². The van der Waals surface area contributed by atoms with Crippen molar-refractivity contribution in [2.75, 3.05) is 26.2 Å². The van der Waals surface area contributed by atoms with Gasteiger partial charge in [0.15, 0.2) is 0 Å². The van der Waals surface area contributed by atoms with Crippen molar-refractivity contribution in [3.8, 4) is 5.75 Å². The molecule has 126 valence electrons. The fraction of sp³-hybridized carbons (Fsp3) is 0.333. The SMILES string of the molecule is Cc1ccc(C(=O)N2CCN(C(=O)Cc3ccccc3O)CC2)s1. The zero-order valence-corrected chi connectivity index (χ0v) is 14.4. The van der Waals surface area contributed by atoms with E-state index >= 15 is 0 Å². The van der Waals surface area contributed by atoms with Gasteiger partial charge in [-0.05, 0) is 25.1 Å². The summed E-state index contributed by atoms with van der Waals surface area (Å²) in [6.07, 6.45) is 0.185. The Labute approximate surface area is 145 Å². The molecule has 5 nitrogen and oxygen atoms in total. The van der Waals surface area contributed by atoms with E-state index in [0.29, 0.717) is 31.7 Å². The van der Waals surface area contributed by atoms with Gasteiger partial charge in [-0.3, -0.25) is 9.59 Å². The predicted molar refractivity (Wildman–Crippen MR) is 93.4 cm³/mol. The van der Waals surface area contributed by atoms with Crippen LogP contribution in [0.5, 0.6) is 5.75 Å². The van der Waals surface area contributed by atoms with Gasteiger partial charge in [0.1, 0.15) is 5.75 Å². The number of benzene rings is 1. The molecule has 3 rings (SSSR count). The molecule has 0 spiro atoms. The number of carbonyl (C=O) groups is 2. The third kappa shape index (κ3) is 3.59. The molecule has 2 heterocycles. The van der Waals surface area contributed by atoms with Crippen molar-refractivity contribution in [1.82, 2.24) is 9.80 Å². The Balaban J connectivity index is 1.56. The Morgan fingerprint density at radius 2 is 1.71 bits per heavy atom.